The minimum Gasteiger partial charge on any atom is -0.389 e. The van der Waals surface area contributed by atoms with Crippen LogP contribution < -0.4 is 10.6 Å². The predicted octanol–water partition coefficient (Wildman–Crippen LogP) is 2.72. The number of rotatable bonds is 7. The molecule has 1 saturated heterocycles. The topological polar surface area (TPSA) is 117 Å². The van der Waals surface area contributed by atoms with E-state index in [0.717, 1.165) is 56.0 Å². The lowest BCUT2D eigenvalue weighted by molar-refractivity contribution is 0.0342. The quantitative estimate of drug-likeness (QED) is 0.545. The Morgan fingerprint density at radius 2 is 1.65 bits per heavy atom. The Kier molecular flexibility index (Phi) is 5.77. The molecule has 1 saturated carbocycles. The normalized spacial score (nSPS) is 19.2. The van der Waals surface area contributed by atoms with Gasteiger partial charge in [0.1, 0.15) is 0 Å². The molecule has 2 aromatic heterocycles. The highest BCUT2D eigenvalue weighted by Crippen LogP contribution is 2.50. The molecule has 1 aromatic carbocycles. The maximum atomic E-state index is 10.1. The van der Waals surface area contributed by atoms with E-state index in [4.69, 9.17) is 15.2 Å². The van der Waals surface area contributed by atoms with E-state index in [1.165, 1.54) is 5.56 Å². The van der Waals surface area contributed by atoms with E-state index in [1.54, 1.807) is 12.4 Å². The molecule has 1 aliphatic heterocycles. The average Bonchev–Trinajstić information content (AvgIpc) is 3.56. The smallest absolute Gasteiger partial charge is 0.324 e. The van der Waals surface area contributed by atoms with Crippen molar-refractivity contribution in [1.29, 1.82) is 0 Å². The van der Waals surface area contributed by atoms with E-state index in [-0.39, 0.29) is 11.4 Å². The SMILES string of the molecule is CC(C)(O)CN1CCN(c2nc([C@@](C)(c3ccc(-c4cnc(N)nc4)cc3)C3CC3)no2)CC1. The lowest BCUT2D eigenvalue weighted by atomic mass is 9.77. The Bertz CT molecular complexity index is 1110. The summed E-state index contributed by atoms with van der Waals surface area (Å²) >= 11 is 0. The van der Waals surface area contributed by atoms with Gasteiger partial charge >= 0.3 is 6.01 Å². The number of piperazine rings is 1. The van der Waals surface area contributed by atoms with Gasteiger partial charge in [0, 0.05) is 50.7 Å². The van der Waals surface area contributed by atoms with E-state index >= 15 is 0 Å². The fraction of sp³-hybridized carbons (Fsp3) is 0.520. The van der Waals surface area contributed by atoms with Crippen LogP contribution in [0.15, 0.2) is 41.2 Å². The van der Waals surface area contributed by atoms with Crippen LogP contribution in [0.5, 0.6) is 0 Å². The number of aliphatic hydroxyl groups is 1. The van der Waals surface area contributed by atoms with Crippen molar-refractivity contribution in [2.24, 2.45) is 5.92 Å². The Morgan fingerprint density at radius 3 is 2.24 bits per heavy atom. The second-order valence-corrected chi connectivity index (χ2v) is 10.4. The fourth-order valence-electron chi connectivity index (χ4n) is 4.90. The van der Waals surface area contributed by atoms with Crippen molar-refractivity contribution in [2.45, 2.75) is 44.6 Å². The highest BCUT2D eigenvalue weighted by atomic mass is 16.5. The summed E-state index contributed by atoms with van der Waals surface area (Å²) < 4.78 is 5.76. The number of nitrogen functional groups attached to an aromatic ring is 1. The zero-order chi connectivity index (χ0) is 23.9. The van der Waals surface area contributed by atoms with Crippen LogP contribution in [-0.4, -0.2) is 68.4 Å². The van der Waals surface area contributed by atoms with Gasteiger partial charge in [0.2, 0.25) is 5.95 Å². The third-order valence-corrected chi connectivity index (χ3v) is 7.02. The first-order valence-electron chi connectivity index (χ1n) is 11.9. The first kappa shape index (κ1) is 22.7. The van der Waals surface area contributed by atoms with Crippen molar-refractivity contribution in [3.63, 3.8) is 0 Å². The van der Waals surface area contributed by atoms with E-state index in [9.17, 15) is 5.11 Å². The standard InChI is InChI=1S/C25H33N7O2/c1-24(2,33)16-31-10-12-32(13-11-31)23-29-21(30-34-23)25(3,20-8-9-20)19-6-4-17(5-7-19)18-14-27-22(26)28-15-18/h4-7,14-15,20,33H,8-13,16H2,1-3H3,(H2,26,27,28)/t25-/m0/s1. The molecule has 1 atom stereocenters. The van der Waals surface area contributed by atoms with Crippen LogP contribution in [0.2, 0.25) is 0 Å². The Hall–Kier alpha value is -3.04. The molecule has 9 heteroatoms. The van der Waals surface area contributed by atoms with Gasteiger partial charge in [-0.1, -0.05) is 29.4 Å². The Balaban J connectivity index is 1.33. The summed E-state index contributed by atoms with van der Waals surface area (Å²) in [6.45, 7) is 9.90. The molecule has 3 N–H and O–H groups in total. The monoisotopic (exact) mass is 463 g/mol. The summed E-state index contributed by atoms with van der Waals surface area (Å²) in [5, 5.41) is 14.6. The zero-order valence-corrected chi connectivity index (χ0v) is 20.1. The maximum Gasteiger partial charge on any atom is 0.324 e. The fourth-order valence-corrected chi connectivity index (χ4v) is 4.90. The number of nitrogens with two attached hydrogens (primary N) is 1. The molecule has 0 amide bonds. The van der Waals surface area contributed by atoms with Crippen molar-refractivity contribution in [3.05, 3.63) is 48.0 Å². The summed E-state index contributed by atoms with van der Waals surface area (Å²) in [5.41, 5.74) is 7.77. The van der Waals surface area contributed by atoms with Crippen molar-refractivity contribution in [1.82, 2.24) is 25.0 Å². The molecule has 2 aliphatic rings. The molecule has 3 aromatic rings. The van der Waals surface area contributed by atoms with Gasteiger partial charge < -0.3 is 20.3 Å². The number of hydrogen-bond donors (Lipinski definition) is 2. The third-order valence-electron chi connectivity index (χ3n) is 7.02. The van der Waals surface area contributed by atoms with Gasteiger partial charge in [-0.15, -0.1) is 0 Å². The van der Waals surface area contributed by atoms with Crippen molar-refractivity contribution < 1.29 is 9.63 Å². The molecule has 1 aliphatic carbocycles. The summed E-state index contributed by atoms with van der Waals surface area (Å²) in [6, 6.07) is 9.06. The summed E-state index contributed by atoms with van der Waals surface area (Å²) in [6.07, 6.45) is 5.79. The second kappa shape index (κ2) is 8.63. The molecule has 0 bridgehead atoms. The first-order valence-corrected chi connectivity index (χ1v) is 11.9. The molecule has 0 radical (unpaired) electrons. The van der Waals surface area contributed by atoms with Crippen LogP contribution in [0.3, 0.4) is 0 Å². The molecule has 3 heterocycles. The first-order chi connectivity index (χ1) is 16.2. The van der Waals surface area contributed by atoms with Crippen LogP contribution >= 0.6 is 0 Å². The predicted molar refractivity (Wildman–Crippen MR) is 130 cm³/mol. The van der Waals surface area contributed by atoms with Gasteiger partial charge in [0.15, 0.2) is 5.82 Å². The Labute approximate surface area is 200 Å². The Morgan fingerprint density at radius 1 is 1.00 bits per heavy atom. The van der Waals surface area contributed by atoms with E-state index < -0.39 is 5.60 Å². The number of hydrogen-bond acceptors (Lipinski definition) is 9. The number of nitrogens with zero attached hydrogens (tertiary/aromatic N) is 6. The molecule has 9 nitrogen and oxygen atoms in total. The lowest BCUT2D eigenvalue weighted by Crippen LogP contribution is -2.50. The molecule has 0 spiro atoms. The van der Waals surface area contributed by atoms with Crippen molar-refractivity contribution >= 4 is 12.0 Å². The average molecular weight is 464 g/mol. The number of anilines is 2. The van der Waals surface area contributed by atoms with Crippen LogP contribution in [-0.2, 0) is 5.41 Å². The van der Waals surface area contributed by atoms with Crippen molar-refractivity contribution in [2.75, 3.05) is 43.4 Å². The van der Waals surface area contributed by atoms with Crippen LogP contribution in [0.25, 0.3) is 11.1 Å². The van der Waals surface area contributed by atoms with E-state index in [1.807, 2.05) is 13.8 Å². The third kappa shape index (κ3) is 4.63. The highest BCUT2D eigenvalue weighted by molar-refractivity contribution is 5.62. The number of aromatic nitrogens is 4. The zero-order valence-electron chi connectivity index (χ0n) is 20.1. The molecule has 2 fully saturated rings. The minimum absolute atomic E-state index is 0.272. The molecular weight excluding hydrogens is 430 g/mol. The summed E-state index contributed by atoms with van der Waals surface area (Å²) in [7, 11) is 0. The largest absolute Gasteiger partial charge is 0.389 e. The number of benzene rings is 1. The number of β-amino-alcohol motifs (C(OH)–C–C–N with tert-alkyl or cyclic N) is 1. The van der Waals surface area contributed by atoms with Gasteiger partial charge in [-0.3, -0.25) is 4.90 Å². The van der Waals surface area contributed by atoms with Crippen LogP contribution in [0, 0.1) is 5.92 Å². The van der Waals surface area contributed by atoms with Crippen molar-refractivity contribution in [3.8, 4) is 11.1 Å². The molecule has 34 heavy (non-hydrogen) atoms. The summed E-state index contributed by atoms with van der Waals surface area (Å²) in [5.74, 6) is 1.51. The maximum absolute atomic E-state index is 10.1. The highest BCUT2D eigenvalue weighted by Gasteiger charge is 2.47. The lowest BCUT2D eigenvalue weighted by Gasteiger charge is -2.36. The second-order valence-electron chi connectivity index (χ2n) is 10.4. The molecule has 5 rings (SSSR count). The van der Waals surface area contributed by atoms with Gasteiger partial charge in [-0.05, 0) is 50.7 Å². The van der Waals surface area contributed by atoms with Gasteiger partial charge in [-0.25, -0.2) is 9.97 Å². The summed E-state index contributed by atoms with van der Waals surface area (Å²) in [4.78, 5) is 17.5. The van der Waals surface area contributed by atoms with Crippen LogP contribution in [0.4, 0.5) is 12.0 Å². The van der Waals surface area contributed by atoms with Gasteiger partial charge in [-0.2, -0.15) is 4.98 Å². The van der Waals surface area contributed by atoms with E-state index in [2.05, 4.69) is 56.1 Å². The van der Waals surface area contributed by atoms with Gasteiger partial charge in [0.05, 0.1) is 11.0 Å². The molecule has 0 unspecified atom stereocenters. The van der Waals surface area contributed by atoms with E-state index in [0.29, 0.717) is 18.5 Å². The van der Waals surface area contributed by atoms with Crippen LogP contribution in [0.1, 0.15) is 45.0 Å². The minimum atomic E-state index is -0.692. The van der Waals surface area contributed by atoms with Gasteiger partial charge in [0.25, 0.3) is 0 Å². The molecule has 180 valence electrons. The molecular formula is C25H33N7O2.